The van der Waals surface area contributed by atoms with Crippen LogP contribution in [0.5, 0.6) is 0 Å². The summed E-state index contributed by atoms with van der Waals surface area (Å²) in [5.41, 5.74) is 5.89. The van der Waals surface area contributed by atoms with E-state index in [0.717, 1.165) is 12.8 Å². The maximum Gasteiger partial charge on any atom is 0.239 e. The van der Waals surface area contributed by atoms with Crippen LogP contribution in [0.15, 0.2) is 0 Å². The van der Waals surface area contributed by atoms with E-state index in [9.17, 15) is 4.79 Å². The molecular weight excluding hydrogens is 204 g/mol. The van der Waals surface area contributed by atoms with Crippen LogP contribution in [0.4, 0.5) is 0 Å². The summed E-state index contributed by atoms with van der Waals surface area (Å²) >= 11 is 0. The second kappa shape index (κ2) is 6.21. The van der Waals surface area contributed by atoms with Gasteiger partial charge in [0, 0.05) is 12.6 Å². The number of amides is 1. The molecule has 0 unspecified atom stereocenters. The van der Waals surface area contributed by atoms with Crippen molar-refractivity contribution in [1.82, 2.24) is 4.90 Å². The van der Waals surface area contributed by atoms with Crippen LogP contribution >= 0.6 is 0 Å². The SMILES string of the molecule is CC(C)C[C@@H](N)C(=O)N(CCO)C1CCC1. The Balaban J connectivity index is 2.51. The van der Waals surface area contributed by atoms with Crippen LogP contribution < -0.4 is 5.73 Å². The summed E-state index contributed by atoms with van der Waals surface area (Å²) in [5.74, 6) is 0.434. The Bertz CT molecular complexity index is 227. The number of hydrogen-bond acceptors (Lipinski definition) is 3. The van der Waals surface area contributed by atoms with E-state index in [-0.39, 0.29) is 12.5 Å². The van der Waals surface area contributed by atoms with Gasteiger partial charge in [-0.3, -0.25) is 4.79 Å². The van der Waals surface area contributed by atoms with Crippen LogP contribution in [0.25, 0.3) is 0 Å². The largest absolute Gasteiger partial charge is 0.395 e. The lowest BCUT2D eigenvalue weighted by molar-refractivity contribution is -0.137. The molecule has 0 radical (unpaired) electrons. The van der Waals surface area contributed by atoms with Crippen LogP contribution in [0, 0.1) is 5.92 Å². The van der Waals surface area contributed by atoms with Gasteiger partial charge in [0.2, 0.25) is 5.91 Å². The van der Waals surface area contributed by atoms with E-state index in [1.165, 1.54) is 6.42 Å². The molecule has 0 saturated heterocycles. The van der Waals surface area contributed by atoms with Gasteiger partial charge in [-0.2, -0.15) is 0 Å². The molecule has 16 heavy (non-hydrogen) atoms. The summed E-state index contributed by atoms with van der Waals surface area (Å²) in [6.45, 7) is 4.58. The fourth-order valence-electron chi connectivity index (χ4n) is 2.10. The lowest BCUT2D eigenvalue weighted by atomic mass is 9.90. The van der Waals surface area contributed by atoms with E-state index >= 15 is 0 Å². The van der Waals surface area contributed by atoms with Crippen LogP contribution in [0.2, 0.25) is 0 Å². The molecule has 3 N–H and O–H groups in total. The summed E-state index contributed by atoms with van der Waals surface area (Å²) < 4.78 is 0. The molecule has 0 aromatic rings. The Kier molecular flexibility index (Phi) is 5.22. The first kappa shape index (κ1) is 13.5. The van der Waals surface area contributed by atoms with Gasteiger partial charge >= 0.3 is 0 Å². The van der Waals surface area contributed by atoms with Crippen LogP contribution in [0.1, 0.15) is 39.5 Å². The first-order chi connectivity index (χ1) is 7.56. The van der Waals surface area contributed by atoms with Crippen LogP contribution in [-0.2, 0) is 4.79 Å². The van der Waals surface area contributed by atoms with Crippen molar-refractivity contribution in [3.8, 4) is 0 Å². The van der Waals surface area contributed by atoms with Gasteiger partial charge in [-0.05, 0) is 31.6 Å². The van der Waals surface area contributed by atoms with Gasteiger partial charge < -0.3 is 15.7 Å². The predicted octanol–water partition coefficient (Wildman–Crippen LogP) is 0.733. The Morgan fingerprint density at radius 1 is 1.50 bits per heavy atom. The molecular formula is C12H24N2O2. The molecule has 94 valence electrons. The van der Waals surface area contributed by atoms with Crippen molar-refractivity contribution < 1.29 is 9.90 Å². The molecule has 0 aromatic heterocycles. The molecule has 0 bridgehead atoms. The standard InChI is InChI=1S/C12H24N2O2/c1-9(2)8-11(13)12(16)14(6-7-15)10-4-3-5-10/h9-11,15H,3-8,13H2,1-2H3/t11-/m1/s1. The minimum absolute atomic E-state index is 0.00690. The number of aliphatic hydroxyl groups is 1. The first-order valence-corrected chi connectivity index (χ1v) is 6.23. The van der Waals surface area contributed by atoms with Crippen molar-refractivity contribution >= 4 is 5.91 Å². The zero-order valence-corrected chi connectivity index (χ0v) is 10.4. The highest BCUT2D eigenvalue weighted by atomic mass is 16.3. The number of hydrogen-bond donors (Lipinski definition) is 2. The number of rotatable bonds is 6. The summed E-state index contributed by atoms with van der Waals surface area (Å²) in [4.78, 5) is 13.9. The van der Waals surface area contributed by atoms with E-state index in [1.54, 1.807) is 4.90 Å². The van der Waals surface area contributed by atoms with Crippen molar-refractivity contribution in [2.45, 2.75) is 51.6 Å². The zero-order valence-electron chi connectivity index (χ0n) is 10.4. The van der Waals surface area contributed by atoms with Crippen molar-refractivity contribution in [2.24, 2.45) is 11.7 Å². The van der Waals surface area contributed by atoms with Gasteiger partial charge in [0.25, 0.3) is 0 Å². The van der Waals surface area contributed by atoms with Crippen molar-refractivity contribution in [2.75, 3.05) is 13.2 Å². The topological polar surface area (TPSA) is 66.6 Å². The average molecular weight is 228 g/mol. The number of carbonyl (C=O) groups is 1. The molecule has 1 amide bonds. The maximum atomic E-state index is 12.1. The smallest absolute Gasteiger partial charge is 0.239 e. The second-order valence-corrected chi connectivity index (χ2v) is 5.08. The Labute approximate surface area is 97.8 Å². The van der Waals surface area contributed by atoms with Gasteiger partial charge in [0.1, 0.15) is 0 Å². The van der Waals surface area contributed by atoms with Crippen molar-refractivity contribution in [3.05, 3.63) is 0 Å². The average Bonchev–Trinajstić information content (AvgIpc) is 2.12. The summed E-state index contributed by atoms with van der Waals surface area (Å²) in [5, 5.41) is 8.98. The third-order valence-corrected chi connectivity index (χ3v) is 3.18. The summed E-state index contributed by atoms with van der Waals surface area (Å²) in [6.07, 6.45) is 4.01. The highest BCUT2D eigenvalue weighted by Gasteiger charge is 2.31. The molecule has 0 heterocycles. The molecule has 1 aliphatic rings. The van der Waals surface area contributed by atoms with E-state index in [4.69, 9.17) is 10.8 Å². The minimum Gasteiger partial charge on any atom is -0.395 e. The molecule has 4 heteroatoms. The lowest BCUT2D eigenvalue weighted by Gasteiger charge is -2.38. The molecule has 1 aliphatic carbocycles. The number of aliphatic hydroxyl groups excluding tert-OH is 1. The van der Waals surface area contributed by atoms with Gasteiger partial charge in [0.15, 0.2) is 0 Å². The molecule has 1 fully saturated rings. The highest BCUT2D eigenvalue weighted by Crippen LogP contribution is 2.25. The maximum absolute atomic E-state index is 12.1. The summed E-state index contributed by atoms with van der Waals surface area (Å²) in [7, 11) is 0. The van der Waals surface area contributed by atoms with Gasteiger partial charge in [-0.25, -0.2) is 0 Å². The minimum atomic E-state index is -0.410. The molecule has 0 spiro atoms. The van der Waals surface area contributed by atoms with E-state index in [1.807, 2.05) is 0 Å². The van der Waals surface area contributed by atoms with Gasteiger partial charge in [-0.15, -0.1) is 0 Å². The number of carbonyl (C=O) groups excluding carboxylic acids is 1. The van der Waals surface area contributed by atoms with Gasteiger partial charge in [0.05, 0.1) is 12.6 Å². The predicted molar refractivity (Wildman–Crippen MR) is 63.9 cm³/mol. The Hall–Kier alpha value is -0.610. The Morgan fingerprint density at radius 3 is 2.50 bits per heavy atom. The first-order valence-electron chi connectivity index (χ1n) is 6.23. The number of nitrogens with zero attached hydrogens (tertiary/aromatic N) is 1. The molecule has 4 nitrogen and oxygen atoms in total. The monoisotopic (exact) mass is 228 g/mol. The van der Waals surface area contributed by atoms with Crippen molar-refractivity contribution in [3.63, 3.8) is 0 Å². The van der Waals surface area contributed by atoms with Crippen LogP contribution in [0.3, 0.4) is 0 Å². The molecule has 1 saturated carbocycles. The fraction of sp³-hybridized carbons (Fsp3) is 0.917. The number of nitrogens with two attached hydrogens (primary N) is 1. The normalized spacial score (nSPS) is 18.3. The van der Waals surface area contributed by atoms with E-state index in [0.29, 0.717) is 24.9 Å². The van der Waals surface area contributed by atoms with Crippen LogP contribution in [-0.4, -0.2) is 41.1 Å². The van der Waals surface area contributed by atoms with E-state index in [2.05, 4.69) is 13.8 Å². The summed E-state index contributed by atoms with van der Waals surface area (Å²) in [6, 6.07) is -0.0926. The van der Waals surface area contributed by atoms with Crippen molar-refractivity contribution in [1.29, 1.82) is 0 Å². The Morgan fingerprint density at radius 2 is 2.12 bits per heavy atom. The second-order valence-electron chi connectivity index (χ2n) is 5.08. The lowest BCUT2D eigenvalue weighted by Crippen LogP contribution is -2.52. The third-order valence-electron chi connectivity index (χ3n) is 3.18. The molecule has 0 aliphatic heterocycles. The van der Waals surface area contributed by atoms with E-state index < -0.39 is 6.04 Å². The fourth-order valence-corrected chi connectivity index (χ4v) is 2.10. The molecule has 1 rings (SSSR count). The third kappa shape index (κ3) is 3.46. The molecule has 0 aromatic carbocycles. The van der Waals surface area contributed by atoms with Gasteiger partial charge in [-0.1, -0.05) is 13.8 Å². The zero-order chi connectivity index (χ0) is 12.1. The molecule has 1 atom stereocenters. The quantitative estimate of drug-likeness (QED) is 0.704. The highest BCUT2D eigenvalue weighted by molar-refractivity contribution is 5.82.